The van der Waals surface area contributed by atoms with Gasteiger partial charge in [0, 0.05) is 12.8 Å². The third-order valence-electron chi connectivity index (χ3n) is 7.72. The highest BCUT2D eigenvalue weighted by Crippen LogP contribution is 2.14. The zero-order valence-electron chi connectivity index (χ0n) is 27.7. The van der Waals surface area contributed by atoms with Crippen LogP contribution in [0.5, 0.6) is 0 Å². The Morgan fingerprint density at radius 2 is 0.952 bits per heavy atom. The van der Waals surface area contributed by atoms with Crippen LogP contribution >= 0.6 is 11.6 Å². The maximum absolute atomic E-state index is 12.2. The molecule has 0 heterocycles. The maximum Gasteiger partial charge on any atom is 0.306 e. The van der Waals surface area contributed by atoms with Crippen molar-refractivity contribution in [2.45, 2.75) is 187 Å². The highest BCUT2D eigenvalue weighted by atomic mass is 35.5. The Hall–Kier alpha value is -1.29. The molecule has 1 atom stereocenters. The smallest absolute Gasteiger partial charge is 0.306 e. The summed E-state index contributed by atoms with van der Waals surface area (Å²) < 4.78 is 10.8. The van der Waals surface area contributed by atoms with Crippen molar-refractivity contribution in [3.8, 4) is 0 Å². The summed E-state index contributed by atoms with van der Waals surface area (Å²) in [7, 11) is 0. The van der Waals surface area contributed by atoms with Gasteiger partial charge in [-0.15, -0.1) is 11.6 Å². The maximum atomic E-state index is 12.2. The Kier molecular flexibility index (Phi) is 33.2. The molecule has 5 heteroatoms. The molecule has 0 fully saturated rings. The second-order valence-corrected chi connectivity index (χ2v) is 12.2. The fourth-order valence-electron chi connectivity index (χ4n) is 4.98. The van der Waals surface area contributed by atoms with E-state index in [2.05, 4.69) is 38.2 Å². The molecule has 0 bridgehead atoms. The van der Waals surface area contributed by atoms with Gasteiger partial charge in [0.1, 0.15) is 12.7 Å². The molecule has 42 heavy (non-hydrogen) atoms. The van der Waals surface area contributed by atoms with E-state index in [0.29, 0.717) is 12.8 Å². The van der Waals surface area contributed by atoms with Crippen molar-refractivity contribution >= 4 is 23.5 Å². The molecule has 0 radical (unpaired) electrons. The zero-order valence-corrected chi connectivity index (χ0v) is 28.5. The Morgan fingerprint density at radius 1 is 0.548 bits per heavy atom. The molecule has 0 unspecified atom stereocenters. The molecular formula is C37H67ClO4. The van der Waals surface area contributed by atoms with Crippen LogP contribution in [0, 0.1) is 0 Å². The molecule has 4 nitrogen and oxygen atoms in total. The van der Waals surface area contributed by atoms with Crippen LogP contribution < -0.4 is 0 Å². The number of carbonyl (C=O) groups is 2. The summed E-state index contributed by atoms with van der Waals surface area (Å²) in [6, 6.07) is 0. The fraction of sp³-hybridized carbons (Fsp3) is 0.838. The van der Waals surface area contributed by atoms with E-state index in [-0.39, 0.29) is 24.4 Å². The van der Waals surface area contributed by atoms with E-state index in [1.165, 1.54) is 109 Å². The van der Waals surface area contributed by atoms with Crippen molar-refractivity contribution in [2.24, 2.45) is 0 Å². The van der Waals surface area contributed by atoms with E-state index in [1.54, 1.807) is 0 Å². The quantitative estimate of drug-likeness (QED) is 0.0329. The van der Waals surface area contributed by atoms with Gasteiger partial charge in [-0.2, -0.15) is 0 Å². The van der Waals surface area contributed by atoms with E-state index in [9.17, 15) is 9.59 Å². The number of rotatable bonds is 32. The van der Waals surface area contributed by atoms with Crippen molar-refractivity contribution in [2.75, 3.05) is 12.5 Å². The summed E-state index contributed by atoms with van der Waals surface area (Å²) in [5.74, 6) is -0.336. The van der Waals surface area contributed by atoms with Crippen LogP contribution in [0.3, 0.4) is 0 Å². The second kappa shape index (κ2) is 34.2. The van der Waals surface area contributed by atoms with Gasteiger partial charge >= 0.3 is 11.9 Å². The van der Waals surface area contributed by atoms with E-state index < -0.39 is 6.10 Å². The summed E-state index contributed by atoms with van der Waals surface area (Å²) in [6.07, 6.45) is 38.6. The Labute approximate surface area is 265 Å². The number of hydrogen-bond donors (Lipinski definition) is 0. The van der Waals surface area contributed by atoms with Crippen molar-refractivity contribution < 1.29 is 19.1 Å². The van der Waals surface area contributed by atoms with E-state index in [4.69, 9.17) is 21.1 Å². The summed E-state index contributed by atoms with van der Waals surface area (Å²) in [4.78, 5) is 24.2. The minimum Gasteiger partial charge on any atom is -0.462 e. The van der Waals surface area contributed by atoms with E-state index in [0.717, 1.165) is 44.9 Å². The SMILES string of the molecule is CCCCC/C=C\C/C=C\CCCCCCCC(=O)O[C@H](CCl)COC(=O)CCCCCCCCCCCCCCC. The standard InChI is InChI=1S/C37H67ClO4/c1-3-5-7-9-11-13-15-17-18-20-22-24-26-28-30-32-37(40)42-35(33-38)34-41-36(39)31-29-27-25-23-21-19-16-14-12-10-8-6-4-2/h11,13,17-18,35H,3-10,12,14-16,19-34H2,1-2H3/b13-11-,18-17-/t35-/m1/s1. The van der Waals surface area contributed by atoms with Crippen LogP contribution in [0.2, 0.25) is 0 Å². The van der Waals surface area contributed by atoms with Crippen LogP contribution in [-0.4, -0.2) is 30.5 Å². The van der Waals surface area contributed by atoms with Gasteiger partial charge in [0.2, 0.25) is 0 Å². The predicted octanol–water partition coefficient (Wildman–Crippen LogP) is 12.0. The molecule has 0 aromatic rings. The lowest BCUT2D eigenvalue weighted by Gasteiger charge is -2.15. The molecule has 0 aliphatic heterocycles. The van der Waals surface area contributed by atoms with Crippen molar-refractivity contribution in [3.63, 3.8) is 0 Å². The van der Waals surface area contributed by atoms with Gasteiger partial charge in [0.05, 0.1) is 5.88 Å². The molecule has 0 N–H and O–H groups in total. The minimum atomic E-state index is -0.562. The van der Waals surface area contributed by atoms with Crippen LogP contribution in [0.15, 0.2) is 24.3 Å². The number of allylic oxidation sites excluding steroid dienone is 4. The number of unbranched alkanes of at least 4 members (excludes halogenated alkanes) is 20. The average Bonchev–Trinajstić information content (AvgIpc) is 2.99. The van der Waals surface area contributed by atoms with E-state index in [1.807, 2.05) is 0 Å². The molecule has 0 rings (SSSR count). The van der Waals surface area contributed by atoms with Gasteiger partial charge in [0.15, 0.2) is 0 Å². The number of ether oxygens (including phenoxy) is 2. The number of halogens is 1. The van der Waals surface area contributed by atoms with Gasteiger partial charge in [-0.1, -0.05) is 147 Å². The first-order valence-corrected chi connectivity index (χ1v) is 18.4. The van der Waals surface area contributed by atoms with Crippen molar-refractivity contribution in [3.05, 3.63) is 24.3 Å². The first-order valence-electron chi connectivity index (χ1n) is 17.8. The first kappa shape index (κ1) is 40.7. The lowest BCUT2D eigenvalue weighted by Crippen LogP contribution is -2.26. The zero-order chi connectivity index (χ0) is 30.8. The summed E-state index contributed by atoms with van der Waals surface area (Å²) in [5.41, 5.74) is 0. The number of hydrogen-bond acceptors (Lipinski definition) is 4. The Morgan fingerprint density at radius 3 is 1.45 bits per heavy atom. The average molecular weight is 611 g/mol. The van der Waals surface area contributed by atoms with Gasteiger partial charge in [0.25, 0.3) is 0 Å². The van der Waals surface area contributed by atoms with E-state index >= 15 is 0 Å². The van der Waals surface area contributed by atoms with Crippen LogP contribution in [0.25, 0.3) is 0 Å². The van der Waals surface area contributed by atoms with Crippen molar-refractivity contribution in [1.29, 1.82) is 0 Å². The summed E-state index contributed by atoms with van der Waals surface area (Å²) in [6.45, 7) is 4.55. The molecule has 0 aliphatic carbocycles. The topological polar surface area (TPSA) is 52.6 Å². The van der Waals surface area contributed by atoms with Crippen LogP contribution in [0.4, 0.5) is 0 Å². The fourth-order valence-corrected chi connectivity index (χ4v) is 5.13. The molecule has 0 aromatic carbocycles. The third kappa shape index (κ3) is 31.6. The monoisotopic (exact) mass is 610 g/mol. The van der Waals surface area contributed by atoms with Crippen LogP contribution in [-0.2, 0) is 19.1 Å². The lowest BCUT2D eigenvalue weighted by atomic mass is 10.0. The molecule has 0 aromatic heterocycles. The predicted molar refractivity (Wildman–Crippen MR) is 181 cm³/mol. The van der Waals surface area contributed by atoms with Crippen molar-refractivity contribution in [1.82, 2.24) is 0 Å². The van der Waals surface area contributed by atoms with Gasteiger partial charge in [-0.3, -0.25) is 9.59 Å². The molecule has 0 aliphatic rings. The molecular weight excluding hydrogens is 544 g/mol. The Bertz CT molecular complexity index is 646. The molecule has 0 saturated carbocycles. The lowest BCUT2D eigenvalue weighted by molar-refractivity contribution is -0.157. The minimum absolute atomic E-state index is 0.0503. The first-order chi connectivity index (χ1) is 20.6. The number of esters is 2. The molecule has 0 amide bonds. The van der Waals surface area contributed by atoms with Crippen LogP contribution in [0.1, 0.15) is 181 Å². The molecule has 246 valence electrons. The number of carbonyl (C=O) groups excluding carboxylic acids is 2. The normalized spacial score (nSPS) is 12.4. The third-order valence-corrected chi connectivity index (χ3v) is 8.06. The van der Waals surface area contributed by atoms with Gasteiger partial charge < -0.3 is 9.47 Å². The highest BCUT2D eigenvalue weighted by molar-refractivity contribution is 6.18. The summed E-state index contributed by atoms with van der Waals surface area (Å²) in [5, 5.41) is 0. The van der Waals surface area contributed by atoms with Gasteiger partial charge in [-0.05, 0) is 44.9 Å². The number of alkyl halides is 1. The summed E-state index contributed by atoms with van der Waals surface area (Å²) >= 11 is 5.95. The Balaban J connectivity index is 3.59. The molecule has 0 spiro atoms. The highest BCUT2D eigenvalue weighted by Gasteiger charge is 2.16. The largest absolute Gasteiger partial charge is 0.462 e. The second-order valence-electron chi connectivity index (χ2n) is 11.9. The molecule has 0 saturated heterocycles. The van der Waals surface area contributed by atoms with Gasteiger partial charge in [-0.25, -0.2) is 0 Å².